The Labute approximate surface area is 118 Å². The Balaban J connectivity index is 1.98. The summed E-state index contributed by atoms with van der Waals surface area (Å²) in [6.07, 6.45) is 5.00. The highest BCUT2D eigenvalue weighted by atomic mass is 35.5. The van der Waals surface area contributed by atoms with Crippen molar-refractivity contribution in [2.75, 3.05) is 19.3 Å². The van der Waals surface area contributed by atoms with Gasteiger partial charge in [-0.1, -0.05) is 5.21 Å². The standard InChI is InChI=1S/C11H19ClN4O2S/c1-9(12)11-8-15(14-13-11)6-10-4-3-5-16(7-10)19(2,17)18/h8-10H,3-7H2,1-2H3. The van der Waals surface area contributed by atoms with E-state index in [1.54, 1.807) is 8.99 Å². The highest BCUT2D eigenvalue weighted by Gasteiger charge is 2.26. The van der Waals surface area contributed by atoms with Gasteiger partial charge in [0.2, 0.25) is 10.0 Å². The van der Waals surface area contributed by atoms with E-state index in [4.69, 9.17) is 11.6 Å². The van der Waals surface area contributed by atoms with E-state index in [2.05, 4.69) is 10.3 Å². The molecule has 1 aliphatic rings. The van der Waals surface area contributed by atoms with Gasteiger partial charge in [0.25, 0.3) is 0 Å². The lowest BCUT2D eigenvalue weighted by Gasteiger charge is -2.30. The molecule has 19 heavy (non-hydrogen) atoms. The summed E-state index contributed by atoms with van der Waals surface area (Å²) in [6.45, 7) is 3.71. The largest absolute Gasteiger partial charge is 0.252 e. The van der Waals surface area contributed by atoms with E-state index in [-0.39, 0.29) is 11.3 Å². The molecule has 2 unspecified atom stereocenters. The molecule has 8 heteroatoms. The molecule has 2 rings (SSSR count). The number of hydrogen-bond acceptors (Lipinski definition) is 4. The molecular weight excluding hydrogens is 288 g/mol. The Kier molecular flexibility index (Phi) is 4.47. The fourth-order valence-electron chi connectivity index (χ4n) is 2.33. The Morgan fingerprint density at radius 3 is 2.89 bits per heavy atom. The van der Waals surface area contributed by atoms with Crippen LogP contribution in [-0.2, 0) is 16.6 Å². The Morgan fingerprint density at radius 1 is 1.58 bits per heavy atom. The van der Waals surface area contributed by atoms with Crippen LogP contribution in [-0.4, -0.2) is 47.1 Å². The number of halogens is 1. The lowest BCUT2D eigenvalue weighted by atomic mass is 10.00. The van der Waals surface area contributed by atoms with Crippen LogP contribution < -0.4 is 0 Å². The molecule has 1 aromatic heterocycles. The summed E-state index contributed by atoms with van der Waals surface area (Å²) in [5.74, 6) is 0.281. The van der Waals surface area contributed by atoms with E-state index in [1.807, 2.05) is 13.1 Å². The number of nitrogens with zero attached hydrogens (tertiary/aromatic N) is 4. The van der Waals surface area contributed by atoms with E-state index in [1.165, 1.54) is 6.26 Å². The summed E-state index contributed by atoms with van der Waals surface area (Å²) in [5.41, 5.74) is 0.748. The monoisotopic (exact) mass is 306 g/mol. The van der Waals surface area contributed by atoms with E-state index in [9.17, 15) is 8.42 Å². The maximum absolute atomic E-state index is 11.6. The van der Waals surface area contributed by atoms with Gasteiger partial charge in [-0.15, -0.1) is 16.7 Å². The highest BCUT2D eigenvalue weighted by Crippen LogP contribution is 2.21. The number of aromatic nitrogens is 3. The molecule has 0 bridgehead atoms. The fourth-order valence-corrected chi connectivity index (χ4v) is 3.37. The topological polar surface area (TPSA) is 68.1 Å². The maximum atomic E-state index is 11.6. The second-order valence-corrected chi connectivity index (χ2v) is 7.75. The first-order chi connectivity index (χ1) is 8.86. The van der Waals surface area contributed by atoms with Gasteiger partial charge in [0.15, 0.2) is 0 Å². The third kappa shape index (κ3) is 3.90. The van der Waals surface area contributed by atoms with Crippen molar-refractivity contribution < 1.29 is 8.42 Å². The van der Waals surface area contributed by atoms with Crippen LogP contribution in [0, 0.1) is 5.92 Å². The molecule has 0 amide bonds. The molecule has 2 atom stereocenters. The van der Waals surface area contributed by atoms with Gasteiger partial charge < -0.3 is 0 Å². The van der Waals surface area contributed by atoms with Crippen LogP contribution in [0.4, 0.5) is 0 Å². The van der Waals surface area contributed by atoms with Crippen molar-refractivity contribution in [1.82, 2.24) is 19.3 Å². The molecule has 1 fully saturated rings. The zero-order valence-electron chi connectivity index (χ0n) is 11.2. The maximum Gasteiger partial charge on any atom is 0.211 e. The molecule has 0 saturated carbocycles. The van der Waals surface area contributed by atoms with E-state index in [0.29, 0.717) is 19.6 Å². The average Bonchev–Trinajstić information content (AvgIpc) is 2.77. The summed E-state index contributed by atoms with van der Waals surface area (Å²) >= 11 is 5.94. The Hall–Kier alpha value is -0.660. The molecule has 1 aliphatic heterocycles. The summed E-state index contributed by atoms with van der Waals surface area (Å²) < 4.78 is 26.4. The third-order valence-electron chi connectivity index (χ3n) is 3.36. The van der Waals surface area contributed by atoms with Crippen LogP contribution in [0.3, 0.4) is 0 Å². The van der Waals surface area contributed by atoms with Crippen molar-refractivity contribution in [2.24, 2.45) is 5.92 Å². The molecule has 0 N–H and O–H groups in total. The lowest BCUT2D eigenvalue weighted by molar-refractivity contribution is 0.239. The molecule has 0 radical (unpaired) electrons. The summed E-state index contributed by atoms with van der Waals surface area (Å²) in [5, 5.41) is 7.87. The van der Waals surface area contributed by atoms with Crippen LogP contribution in [0.15, 0.2) is 6.20 Å². The minimum Gasteiger partial charge on any atom is -0.252 e. The molecule has 2 heterocycles. The Bertz CT molecular complexity index is 529. The van der Waals surface area contributed by atoms with Crippen LogP contribution in [0.5, 0.6) is 0 Å². The van der Waals surface area contributed by atoms with Crippen molar-refractivity contribution >= 4 is 21.6 Å². The summed E-state index contributed by atoms with van der Waals surface area (Å²) in [4.78, 5) is 0. The van der Waals surface area contributed by atoms with Crippen LogP contribution >= 0.6 is 11.6 Å². The molecule has 108 valence electrons. The van der Waals surface area contributed by atoms with Gasteiger partial charge in [-0.25, -0.2) is 12.7 Å². The Morgan fingerprint density at radius 2 is 2.32 bits per heavy atom. The first kappa shape index (κ1) is 14.7. The normalized spacial score (nSPS) is 23.4. The SMILES string of the molecule is CC(Cl)c1cn(CC2CCCN(S(C)(=O)=O)C2)nn1. The molecule has 0 aromatic carbocycles. The molecule has 1 aromatic rings. The van der Waals surface area contributed by atoms with E-state index in [0.717, 1.165) is 18.5 Å². The second-order valence-electron chi connectivity index (χ2n) is 5.11. The molecule has 6 nitrogen and oxygen atoms in total. The molecule has 1 saturated heterocycles. The minimum absolute atomic E-state index is 0.160. The number of alkyl halides is 1. The third-order valence-corrected chi connectivity index (χ3v) is 4.85. The van der Waals surface area contributed by atoms with Crippen LogP contribution in [0.1, 0.15) is 30.8 Å². The van der Waals surface area contributed by atoms with Gasteiger partial charge in [-0.3, -0.25) is 4.68 Å². The average molecular weight is 307 g/mol. The van der Waals surface area contributed by atoms with Crippen molar-refractivity contribution in [1.29, 1.82) is 0 Å². The molecule has 0 aliphatic carbocycles. The zero-order chi connectivity index (χ0) is 14.0. The van der Waals surface area contributed by atoms with Gasteiger partial charge in [0, 0.05) is 25.8 Å². The van der Waals surface area contributed by atoms with Crippen molar-refractivity contribution in [3.8, 4) is 0 Å². The first-order valence-corrected chi connectivity index (χ1v) is 8.64. The smallest absolute Gasteiger partial charge is 0.211 e. The number of hydrogen-bond donors (Lipinski definition) is 0. The second kappa shape index (κ2) is 5.76. The van der Waals surface area contributed by atoms with Crippen molar-refractivity contribution in [3.05, 3.63) is 11.9 Å². The van der Waals surface area contributed by atoms with Gasteiger partial charge in [0.1, 0.15) is 5.69 Å². The van der Waals surface area contributed by atoms with Gasteiger partial charge in [-0.2, -0.15) is 0 Å². The van der Waals surface area contributed by atoms with Gasteiger partial charge >= 0.3 is 0 Å². The zero-order valence-corrected chi connectivity index (χ0v) is 12.7. The van der Waals surface area contributed by atoms with E-state index < -0.39 is 10.0 Å². The molecular formula is C11H19ClN4O2S. The number of rotatable bonds is 4. The summed E-state index contributed by atoms with van der Waals surface area (Å²) in [7, 11) is -3.09. The fraction of sp³-hybridized carbons (Fsp3) is 0.818. The van der Waals surface area contributed by atoms with Crippen LogP contribution in [0.2, 0.25) is 0 Å². The highest BCUT2D eigenvalue weighted by molar-refractivity contribution is 7.88. The van der Waals surface area contributed by atoms with Gasteiger partial charge in [0.05, 0.1) is 11.6 Å². The van der Waals surface area contributed by atoms with E-state index >= 15 is 0 Å². The quantitative estimate of drug-likeness (QED) is 0.785. The number of sulfonamides is 1. The van der Waals surface area contributed by atoms with Crippen molar-refractivity contribution in [2.45, 2.75) is 31.7 Å². The lowest BCUT2D eigenvalue weighted by Crippen LogP contribution is -2.40. The van der Waals surface area contributed by atoms with Crippen molar-refractivity contribution in [3.63, 3.8) is 0 Å². The first-order valence-electron chi connectivity index (χ1n) is 6.35. The van der Waals surface area contributed by atoms with Crippen LogP contribution in [0.25, 0.3) is 0 Å². The predicted molar refractivity (Wildman–Crippen MR) is 73.4 cm³/mol. The predicted octanol–water partition coefficient (Wildman–Crippen LogP) is 1.25. The van der Waals surface area contributed by atoms with Gasteiger partial charge in [-0.05, 0) is 25.7 Å². The minimum atomic E-state index is -3.09. The molecule has 0 spiro atoms. The number of piperidine rings is 1. The summed E-state index contributed by atoms with van der Waals surface area (Å²) in [6, 6.07) is 0.